The van der Waals surface area contributed by atoms with Crippen molar-refractivity contribution in [2.45, 2.75) is 34.1 Å². The normalized spacial score (nSPS) is 12.5. The van der Waals surface area contributed by atoms with Crippen LogP contribution in [0.3, 0.4) is 0 Å². The van der Waals surface area contributed by atoms with Gasteiger partial charge in [0.15, 0.2) is 0 Å². The van der Waals surface area contributed by atoms with E-state index in [1.165, 1.54) is 11.1 Å². The van der Waals surface area contributed by atoms with Crippen LogP contribution in [-0.2, 0) is 0 Å². The summed E-state index contributed by atoms with van der Waals surface area (Å²) in [6.45, 7) is 8.33. The number of hydrogen-bond acceptors (Lipinski definition) is 0. The third-order valence-corrected chi connectivity index (χ3v) is 1.93. The molecule has 0 rings (SSSR count). The molecular weight excluding hydrogens is 180 g/mol. The Morgan fingerprint density at radius 3 is 2.13 bits per heavy atom. The molecule has 0 heteroatoms. The highest BCUT2D eigenvalue weighted by Gasteiger charge is 1.87. The second-order valence-corrected chi connectivity index (χ2v) is 3.55. The highest BCUT2D eigenvalue weighted by molar-refractivity contribution is 5.34. The Balaban J connectivity index is 4.20. The maximum absolute atomic E-state index is 2.18. The van der Waals surface area contributed by atoms with E-state index in [1.54, 1.807) is 0 Å². The van der Waals surface area contributed by atoms with Crippen LogP contribution in [0.5, 0.6) is 0 Å². The van der Waals surface area contributed by atoms with Crippen LogP contribution in [0, 0.1) is 0 Å². The minimum absolute atomic E-state index is 0.985. The summed E-state index contributed by atoms with van der Waals surface area (Å²) in [6.07, 6.45) is 17.8. The van der Waals surface area contributed by atoms with Gasteiger partial charge in [-0.2, -0.15) is 0 Å². The highest BCUT2D eigenvalue weighted by Crippen LogP contribution is 2.07. The maximum atomic E-state index is 2.18. The second kappa shape index (κ2) is 9.26. The smallest absolute Gasteiger partial charge is 0.0163 e. The van der Waals surface area contributed by atoms with Crippen LogP contribution >= 0.6 is 0 Å². The zero-order chi connectivity index (χ0) is 11.5. The molecule has 82 valence electrons. The zero-order valence-electron chi connectivity index (χ0n) is 10.3. The van der Waals surface area contributed by atoms with Gasteiger partial charge >= 0.3 is 0 Å². The first-order valence-electron chi connectivity index (χ1n) is 5.47. The van der Waals surface area contributed by atoms with Crippen molar-refractivity contribution < 1.29 is 0 Å². The van der Waals surface area contributed by atoms with Gasteiger partial charge in [-0.25, -0.2) is 0 Å². The lowest BCUT2D eigenvalue weighted by molar-refractivity contribution is 1.32. The minimum atomic E-state index is 0.985. The van der Waals surface area contributed by atoms with Crippen molar-refractivity contribution in [3.8, 4) is 0 Å². The Morgan fingerprint density at radius 1 is 0.867 bits per heavy atom. The van der Waals surface area contributed by atoms with Gasteiger partial charge in [0.05, 0.1) is 0 Å². The topological polar surface area (TPSA) is 0 Å². The van der Waals surface area contributed by atoms with E-state index in [2.05, 4.69) is 50.3 Å². The minimum Gasteiger partial charge on any atom is -0.0877 e. The second-order valence-electron chi connectivity index (χ2n) is 3.55. The summed E-state index contributed by atoms with van der Waals surface area (Å²) >= 11 is 0. The van der Waals surface area contributed by atoms with Gasteiger partial charge in [-0.05, 0) is 39.7 Å². The molecule has 0 saturated heterocycles. The summed E-state index contributed by atoms with van der Waals surface area (Å²) < 4.78 is 0. The largest absolute Gasteiger partial charge is 0.0877 e. The SMILES string of the molecule is CC=CC=CCC=CC(C=CC)=C(C)C. The van der Waals surface area contributed by atoms with E-state index in [0.717, 1.165) is 6.42 Å². The average molecular weight is 202 g/mol. The molecule has 0 fully saturated rings. The van der Waals surface area contributed by atoms with E-state index >= 15 is 0 Å². The molecule has 0 bridgehead atoms. The number of rotatable bonds is 5. The summed E-state index contributed by atoms with van der Waals surface area (Å²) in [4.78, 5) is 0. The third kappa shape index (κ3) is 7.75. The number of hydrogen-bond donors (Lipinski definition) is 0. The highest BCUT2D eigenvalue weighted by atomic mass is 13.9. The molecule has 0 aliphatic heterocycles. The van der Waals surface area contributed by atoms with Crippen molar-refractivity contribution in [2.75, 3.05) is 0 Å². The molecule has 0 N–H and O–H groups in total. The summed E-state index contributed by atoms with van der Waals surface area (Å²) in [7, 11) is 0. The van der Waals surface area contributed by atoms with E-state index < -0.39 is 0 Å². The third-order valence-electron chi connectivity index (χ3n) is 1.93. The van der Waals surface area contributed by atoms with Gasteiger partial charge in [0.2, 0.25) is 0 Å². The summed E-state index contributed by atoms with van der Waals surface area (Å²) in [5.74, 6) is 0. The van der Waals surface area contributed by atoms with Gasteiger partial charge in [0.1, 0.15) is 0 Å². The van der Waals surface area contributed by atoms with Crippen LogP contribution in [0.1, 0.15) is 34.1 Å². The molecule has 0 unspecified atom stereocenters. The van der Waals surface area contributed by atoms with Gasteiger partial charge in [-0.15, -0.1) is 0 Å². The van der Waals surface area contributed by atoms with Crippen molar-refractivity contribution in [3.05, 3.63) is 59.8 Å². The molecule has 0 aromatic carbocycles. The Hall–Kier alpha value is -1.30. The number of allylic oxidation sites excluding steroid dienone is 10. The van der Waals surface area contributed by atoms with Gasteiger partial charge in [0, 0.05) is 0 Å². The lowest BCUT2D eigenvalue weighted by Gasteiger charge is -1.96. The van der Waals surface area contributed by atoms with E-state index in [-0.39, 0.29) is 0 Å². The average Bonchev–Trinajstić information content (AvgIpc) is 2.21. The summed E-state index contributed by atoms with van der Waals surface area (Å²) in [5.41, 5.74) is 2.65. The Kier molecular flexibility index (Phi) is 8.46. The summed E-state index contributed by atoms with van der Waals surface area (Å²) in [6, 6.07) is 0. The van der Waals surface area contributed by atoms with Gasteiger partial charge in [-0.3, -0.25) is 0 Å². The van der Waals surface area contributed by atoms with Crippen molar-refractivity contribution >= 4 is 0 Å². The molecule has 0 heterocycles. The van der Waals surface area contributed by atoms with E-state index in [4.69, 9.17) is 0 Å². The molecule has 0 aliphatic carbocycles. The zero-order valence-corrected chi connectivity index (χ0v) is 10.3. The van der Waals surface area contributed by atoms with E-state index in [0.29, 0.717) is 0 Å². The molecule has 15 heavy (non-hydrogen) atoms. The van der Waals surface area contributed by atoms with Crippen molar-refractivity contribution in [3.63, 3.8) is 0 Å². The first-order valence-corrected chi connectivity index (χ1v) is 5.47. The molecule has 0 radical (unpaired) electrons. The van der Waals surface area contributed by atoms with Crippen LogP contribution in [0.15, 0.2) is 59.8 Å². The standard InChI is InChI=1S/C15H22/c1-5-7-8-9-10-11-13-15(12-6-2)14(3)4/h5-9,11-13H,10H2,1-4H3. The van der Waals surface area contributed by atoms with E-state index in [1.807, 2.05) is 26.0 Å². The van der Waals surface area contributed by atoms with Crippen LogP contribution in [-0.4, -0.2) is 0 Å². The predicted octanol–water partition coefficient (Wildman–Crippen LogP) is 4.98. The van der Waals surface area contributed by atoms with Crippen LogP contribution in [0.4, 0.5) is 0 Å². The van der Waals surface area contributed by atoms with Crippen LogP contribution in [0.2, 0.25) is 0 Å². The van der Waals surface area contributed by atoms with Crippen molar-refractivity contribution in [1.82, 2.24) is 0 Å². The van der Waals surface area contributed by atoms with Gasteiger partial charge < -0.3 is 0 Å². The lowest BCUT2D eigenvalue weighted by atomic mass is 10.1. The summed E-state index contributed by atoms with van der Waals surface area (Å²) in [5, 5.41) is 0. The molecule has 0 amide bonds. The maximum Gasteiger partial charge on any atom is -0.0163 e. The molecule has 0 nitrogen and oxygen atoms in total. The van der Waals surface area contributed by atoms with Crippen molar-refractivity contribution in [1.29, 1.82) is 0 Å². The first-order chi connectivity index (χ1) is 7.22. The quantitative estimate of drug-likeness (QED) is 0.552. The molecule has 0 saturated carbocycles. The van der Waals surface area contributed by atoms with Gasteiger partial charge in [0.25, 0.3) is 0 Å². The van der Waals surface area contributed by atoms with E-state index in [9.17, 15) is 0 Å². The van der Waals surface area contributed by atoms with Crippen LogP contribution < -0.4 is 0 Å². The fraction of sp³-hybridized carbons (Fsp3) is 0.333. The van der Waals surface area contributed by atoms with Crippen LogP contribution in [0.25, 0.3) is 0 Å². The monoisotopic (exact) mass is 202 g/mol. The molecular formula is C15H22. The first kappa shape index (κ1) is 13.7. The van der Waals surface area contributed by atoms with Crippen molar-refractivity contribution in [2.24, 2.45) is 0 Å². The Bertz CT molecular complexity index is 292. The predicted molar refractivity (Wildman–Crippen MR) is 70.9 cm³/mol. The molecule has 0 aromatic heterocycles. The Morgan fingerprint density at radius 2 is 1.60 bits per heavy atom. The lowest BCUT2D eigenvalue weighted by Crippen LogP contribution is -1.76. The fourth-order valence-corrected chi connectivity index (χ4v) is 1.11. The van der Waals surface area contributed by atoms with Gasteiger partial charge in [-0.1, -0.05) is 54.2 Å². The molecule has 0 spiro atoms. The fourth-order valence-electron chi connectivity index (χ4n) is 1.11. The molecule has 0 aromatic rings. The molecule has 0 atom stereocenters. The molecule has 0 aliphatic rings. The Labute approximate surface area is 94.4 Å².